The van der Waals surface area contributed by atoms with E-state index in [4.69, 9.17) is 24.5 Å². The molecule has 1 aliphatic rings. The molecule has 1 fully saturated rings. The van der Waals surface area contributed by atoms with E-state index in [1.807, 2.05) is 36.4 Å². The molecule has 4 aromatic rings. The third kappa shape index (κ3) is 5.53. The van der Waals surface area contributed by atoms with Crippen LogP contribution in [0.4, 0.5) is 4.79 Å². The van der Waals surface area contributed by atoms with Gasteiger partial charge in [-0.05, 0) is 42.3 Å². The molecule has 10 heteroatoms. The lowest BCUT2D eigenvalue weighted by atomic mass is 9.78. The summed E-state index contributed by atoms with van der Waals surface area (Å²) in [6, 6.07) is 17.6. The van der Waals surface area contributed by atoms with Gasteiger partial charge in [-0.1, -0.05) is 43.3 Å². The van der Waals surface area contributed by atoms with Crippen molar-refractivity contribution in [1.82, 2.24) is 20.1 Å². The molecule has 0 radical (unpaired) electrons. The first-order valence-corrected chi connectivity index (χ1v) is 11.9. The molecule has 0 aliphatic heterocycles. The number of aryl methyl sites for hydroxylation is 1. The second kappa shape index (κ2) is 9.88. The summed E-state index contributed by atoms with van der Waals surface area (Å²) in [6.45, 7) is 6.06. The molecule has 0 unspecified atom stereocenters. The Hall–Kier alpha value is -4.47. The van der Waals surface area contributed by atoms with E-state index >= 15 is 0 Å². The monoisotopic (exact) mass is 501 g/mol. The summed E-state index contributed by atoms with van der Waals surface area (Å²) in [5, 5.41) is 3.77. The van der Waals surface area contributed by atoms with Crippen LogP contribution in [0.15, 0.2) is 65.3 Å². The molecule has 2 N–H and O–H groups in total. The van der Waals surface area contributed by atoms with Gasteiger partial charge in [0, 0.05) is 30.5 Å². The highest BCUT2D eigenvalue weighted by Gasteiger charge is 2.33. The first-order valence-electron chi connectivity index (χ1n) is 11.9. The van der Waals surface area contributed by atoms with Crippen LogP contribution in [-0.4, -0.2) is 38.4 Å². The van der Waals surface area contributed by atoms with E-state index in [9.17, 15) is 4.79 Å². The van der Waals surface area contributed by atoms with E-state index < -0.39 is 6.09 Å². The summed E-state index contributed by atoms with van der Waals surface area (Å²) in [5.41, 5.74) is 7.08. The van der Waals surface area contributed by atoms with E-state index in [0.717, 1.165) is 16.9 Å². The lowest BCUT2D eigenvalue weighted by molar-refractivity contribution is -0.0197. The maximum absolute atomic E-state index is 10.8. The molecule has 0 spiro atoms. The Morgan fingerprint density at radius 2 is 1.59 bits per heavy atom. The highest BCUT2D eigenvalue weighted by molar-refractivity contribution is 5.64. The van der Waals surface area contributed by atoms with E-state index in [0.29, 0.717) is 36.1 Å². The number of aromatic nitrogens is 4. The predicted octanol–water partition coefficient (Wildman–Crippen LogP) is 4.96. The Bertz CT molecular complexity index is 1380. The SMILES string of the molecule is Cc1noc(-c2nccc(Oc3ccc(C(C)(C)c4ccc(O[C@H]5C[C@H](OC(N)=O)C5)cc4)cc3)n2)n1. The molecule has 2 heterocycles. The summed E-state index contributed by atoms with van der Waals surface area (Å²) in [4.78, 5) is 23.5. The minimum atomic E-state index is -0.742. The van der Waals surface area contributed by atoms with Gasteiger partial charge in [0.25, 0.3) is 5.89 Å². The van der Waals surface area contributed by atoms with Gasteiger partial charge >= 0.3 is 6.09 Å². The maximum atomic E-state index is 10.8. The highest BCUT2D eigenvalue weighted by atomic mass is 16.6. The van der Waals surface area contributed by atoms with Gasteiger partial charge in [0.15, 0.2) is 5.82 Å². The molecule has 190 valence electrons. The lowest BCUT2D eigenvalue weighted by Crippen LogP contribution is -2.41. The van der Waals surface area contributed by atoms with Crippen molar-refractivity contribution in [3.05, 3.63) is 77.7 Å². The van der Waals surface area contributed by atoms with Crippen LogP contribution in [0.3, 0.4) is 0 Å². The summed E-state index contributed by atoms with van der Waals surface area (Å²) < 4.78 is 22.0. The number of nitrogens with two attached hydrogens (primary N) is 1. The van der Waals surface area contributed by atoms with Gasteiger partial charge in [0.1, 0.15) is 23.7 Å². The van der Waals surface area contributed by atoms with Crippen molar-refractivity contribution in [2.45, 2.75) is 51.2 Å². The Morgan fingerprint density at radius 1 is 0.946 bits per heavy atom. The van der Waals surface area contributed by atoms with Crippen molar-refractivity contribution in [2.24, 2.45) is 5.73 Å². The van der Waals surface area contributed by atoms with E-state index in [1.54, 1.807) is 19.2 Å². The van der Waals surface area contributed by atoms with Gasteiger partial charge in [-0.25, -0.2) is 9.78 Å². The molecule has 1 amide bonds. The maximum Gasteiger partial charge on any atom is 0.404 e. The highest BCUT2D eigenvalue weighted by Crippen LogP contribution is 2.35. The van der Waals surface area contributed by atoms with Crippen LogP contribution < -0.4 is 15.2 Å². The predicted molar refractivity (Wildman–Crippen MR) is 133 cm³/mol. The summed E-state index contributed by atoms with van der Waals surface area (Å²) >= 11 is 0. The van der Waals surface area contributed by atoms with Crippen LogP contribution in [0.1, 0.15) is 43.6 Å². The minimum Gasteiger partial charge on any atom is -0.490 e. The number of benzene rings is 2. The number of nitrogens with zero attached hydrogens (tertiary/aromatic N) is 4. The zero-order valence-electron chi connectivity index (χ0n) is 20.7. The average Bonchev–Trinajstić information content (AvgIpc) is 3.30. The molecule has 0 atom stereocenters. The van der Waals surface area contributed by atoms with Gasteiger partial charge in [0.05, 0.1) is 0 Å². The number of carbonyl (C=O) groups is 1. The van der Waals surface area contributed by atoms with Crippen molar-refractivity contribution in [3.8, 4) is 29.1 Å². The van der Waals surface area contributed by atoms with E-state index in [1.165, 1.54) is 0 Å². The normalized spacial score (nSPS) is 17.1. The summed E-state index contributed by atoms with van der Waals surface area (Å²) in [6.07, 6.45) is 2.01. The molecule has 2 aromatic carbocycles. The quantitative estimate of drug-likeness (QED) is 0.355. The number of primary amides is 1. The Morgan fingerprint density at radius 3 is 2.19 bits per heavy atom. The minimum absolute atomic E-state index is 0.0258. The molecule has 5 rings (SSSR count). The largest absolute Gasteiger partial charge is 0.490 e. The van der Waals surface area contributed by atoms with Gasteiger partial charge < -0.3 is 24.5 Å². The topological polar surface area (TPSA) is 135 Å². The molecule has 37 heavy (non-hydrogen) atoms. The van der Waals surface area contributed by atoms with Gasteiger partial charge in [-0.2, -0.15) is 9.97 Å². The Balaban J connectivity index is 1.21. The van der Waals surface area contributed by atoms with Crippen molar-refractivity contribution in [2.75, 3.05) is 0 Å². The van der Waals surface area contributed by atoms with E-state index in [2.05, 4.69) is 46.1 Å². The van der Waals surface area contributed by atoms with Crippen LogP contribution in [0.2, 0.25) is 0 Å². The molecule has 1 aliphatic carbocycles. The number of rotatable bonds is 8. The van der Waals surface area contributed by atoms with Crippen molar-refractivity contribution in [3.63, 3.8) is 0 Å². The Labute approximate surface area is 213 Å². The fourth-order valence-corrected chi connectivity index (χ4v) is 4.13. The van der Waals surface area contributed by atoms with E-state index in [-0.39, 0.29) is 23.5 Å². The van der Waals surface area contributed by atoms with Crippen molar-refractivity contribution in [1.29, 1.82) is 0 Å². The summed E-state index contributed by atoms with van der Waals surface area (Å²) in [7, 11) is 0. The first-order chi connectivity index (χ1) is 17.8. The molecule has 0 bridgehead atoms. The number of ether oxygens (including phenoxy) is 3. The number of amides is 1. The second-order valence-corrected chi connectivity index (χ2v) is 9.41. The number of hydrogen-bond acceptors (Lipinski definition) is 9. The number of hydrogen-bond donors (Lipinski definition) is 1. The standard InChI is InChI=1S/C27H27N5O5/c1-16-30-25(37-32-16)24-29-13-12-23(31-24)35-20-10-6-18(7-11-20)27(2,3)17-4-8-19(9-5-17)34-21-14-22(15-21)36-26(28)33/h4-13,21-22H,14-15H2,1-3H3,(H2,28,33)/t21-,22-. The van der Waals surface area contributed by atoms with Gasteiger partial charge in [-0.15, -0.1) is 0 Å². The van der Waals surface area contributed by atoms with Crippen LogP contribution in [0, 0.1) is 6.92 Å². The molecule has 10 nitrogen and oxygen atoms in total. The second-order valence-electron chi connectivity index (χ2n) is 9.41. The van der Waals surface area contributed by atoms with Crippen LogP contribution in [0.25, 0.3) is 11.7 Å². The third-order valence-electron chi connectivity index (χ3n) is 6.36. The van der Waals surface area contributed by atoms with Gasteiger partial charge in [-0.3, -0.25) is 0 Å². The zero-order chi connectivity index (χ0) is 26.0. The lowest BCUT2D eigenvalue weighted by Gasteiger charge is -2.34. The first kappa shape index (κ1) is 24.2. The average molecular weight is 502 g/mol. The fraction of sp³-hybridized carbons (Fsp3) is 0.296. The smallest absolute Gasteiger partial charge is 0.404 e. The number of carbonyl (C=O) groups excluding carboxylic acids is 1. The molecule has 2 aromatic heterocycles. The summed E-state index contributed by atoms with van der Waals surface area (Å²) in [5.74, 6) is 2.86. The van der Waals surface area contributed by atoms with Crippen LogP contribution in [-0.2, 0) is 10.2 Å². The van der Waals surface area contributed by atoms with Crippen molar-refractivity contribution >= 4 is 6.09 Å². The van der Waals surface area contributed by atoms with Crippen LogP contribution >= 0.6 is 0 Å². The molecular formula is C27H27N5O5. The third-order valence-corrected chi connectivity index (χ3v) is 6.36. The zero-order valence-corrected chi connectivity index (χ0v) is 20.7. The molecular weight excluding hydrogens is 474 g/mol. The van der Waals surface area contributed by atoms with Gasteiger partial charge in [0.2, 0.25) is 11.7 Å². The fourth-order valence-electron chi connectivity index (χ4n) is 4.13. The molecule has 0 saturated heterocycles. The van der Waals surface area contributed by atoms with Crippen molar-refractivity contribution < 1.29 is 23.5 Å². The Kier molecular flexibility index (Phi) is 6.47. The van der Waals surface area contributed by atoms with Crippen LogP contribution in [0.5, 0.6) is 17.4 Å². The molecule has 1 saturated carbocycles.